The van der Waals surface area contributed by atoms with Crippen molar-refractivity contribution in [2.45, 2.75) is 57.2 Å². The van der Waals surface area contributed by atoms with Gasteiger partial charge in [-0.1, -0.05) is 6.42 Å². The first-order valence-corrected chi connectivity index (χ1v) is 5.21. The molecule has 2 aliphatic heterocycles. The molecule has 0 bridgehead atoms. The second-order valence-corrected chi connectivity index (χ2v) is 4.36. The van der Waals surface area contributed by atoms with E-state index in [4.69, 9.17) is 0 Å². The topological polar surface area (TPSA) is 23.5 Å². The van der Waals surface area contributed by atoms with Crippen molar-refractivity contribution in [3.8, 4) is 0 Å². The Kier molecular flexibility index (Phi) is 2.37. The molecule has 12 heavy (non-hydrogen) atoms. The maximum Gasteiger partial charge on any atom is 0.0570 e. The van der Waals surface area contributed by atoms with Crippen LogP contribution in [0.15, 0.2) is 0 Å². The molecular weight excluding hydrogens is 150 g/mol. The summed E-state index contributed by atoms with van der Waals surface area (Å²) in [6, 6.07) is 1.30. The van der Waals surface area contributed by atoms with Gasteiger partial charge in [0.2, 0.25) is 0 Å². The standard InChI is InChI=1S/C10H19NO/c1-8-6-10(12)7-9-4-2-3-5-11(8)9/h8-10,12H,2-7H2,1H3/t8-,9-,10+/m1/s1. The van der Waals surface area contributed by atoms with E-state index in [9.17, 15) is 5.11 Å². The highest BCUT2D eigenvalue weighted by molar-refractivity contribution is 4.88. The number of fused-ring (bicyclic) bond motifs is 1. The van der Waals surface area contributed by atoms with E-state index in [0.717, 1.165) is 12.8 Å². The summed E-state index contributed by atoms with van der Waals surface area (Å²) in [5, 5.41) is 9.59. The Morgan fingerprint density at radius 2 is 2.08 bits per heavy atom. The van der Waals surface area contributed by atoms with E-state index < -0.39 is 0 Å². The molecule has 0 radical (unpaired) electrons. The highest BCUT2D eigenvalue weighted by Gasteiger charge is 2.33. The van der Waals surface area contributed by atoms with Crippen LogP contribution >= 0.6 is 0 Å². The summed E-state index contributed by atoms with van der Waals surface area (Å²) in [6.07, 6.45) is 6.00. The summed E-state index contributed by atoms with van der Waals surface area (Å²) in [4.78, 5) is 2.59. The first-order valence-electron chi connectivity index (χ1n) is 5.21. The van der Waals surface area contributed by atoms with Crippen molar-refractivity contribution in [3.63, 3.8) is 0 Å². The number of nitrogens with zero attached hydrogens (tertiary/aromatic N) is 1. The number of aliphatic hydroxyl groups is 1. The second-order valence-electron chi connectivity index (χ2n) is 4.36. The Morgan fingerprint density at radius 1 is 1.25 bits per heavy atom. The zero-order chi connectivity index (χ0) is 8.55. The van der Waals surface area contributed by atoms with Crippen LogP contribution in [0.2, 0.25) is 0 Å². The summed E-state index contributed by atoms with van der Waals surface area (Å²) in [5.74, 6) is 0. The third-order valence-electron chi connectivity index (χ3n) is 3.40. The molecule has 0 amide bonds. The van der Waals surface area contributed by atoms with Gasteiger partial charge < -0.3 is 5.11 Å². The van der Waals surface area contributed by atoms with Crippen molar-refractivity contribution >= 4 is 0 Å². The van der Waals surface area contributed by atoms with Gasteiger partial charge in [0.1, 0.15) is 0 Å². The monoisotopic (exact) mass is 169 g/mol. The number of aliphatic hydroxyl groups excluding tert-OH is 1. The van der Waals surface area contributed by atoms with Crippen molar-refractivity contribution in [1.82, 2.24) is 4.90 Å². The van der Waals surface area contributed by atoms with Crippen molar-refractivity contribution in [2.75, 3.05) is 6.54 Å². The number of rotatable bonds is 0. The van der Waals surface area contributed by atoms with Crippen LogP contribution in [0, 0.1) is 0 Å². The minimum Gasteiger partial charge on any atom is -0.393 e. The predicted molar refractivity (Wildman–Crippen MR) is 49.0 cm³/mol. The first-order chi connectivity index (χ1) is 5.77. The Morgan fingerprint density at radius 3 is 2.92 bits per heavy atom. The Hall–Kier alpha value is -0.0800. The van der Waals surface area contributed by atoms with Crippen molar-refractivity contribution < 1.29 is 5.11 Å². The molecule has 0 aromatic heterocycles. The van der Waals surface area contributed by atoms with Gasteiger partial charge in [0.25, 0.3) is 0 Å². The fraction of sp³-hybridized carbons (Fsp3) is 1.00. The van der Waals surface area contributed by atoms with E-state index in [1.165, 1.54) is 25.8 Å². The fourth-order valence-corrected chi connectivity index (χ4v) is 2.80. The Balaban J connectivity index is 2.01. The minimum absolute atomic E-state index is 0.0284. The van der Waals surface area contributed by atoms with E-state index in [2.05, 4.69) is 11.8 Å². The molecule has 2 nitrogen and oxygen atoms in total. The molecule has 0 aromatic rings. The lowest BCUT2D eigenvalue weighted by molar-refractivity contribution is -0.0103. The zero-order valence-corrected chi connectivity index (χ0v) is 7.87. The molecular formula is C10H19NO. The first kappa shape index (κ1) is 8.52. The highest BCUT2D eigenvalue weighted by atomic mass is 16.3. The van der Waals surface area contributed by atoms with Gasteiger partial charge in [-0.15, -0.1) is 0 Å². The van der Waals surface area contributed by atoms with Crippen LogP contribution in [0.4, 0.5) is 0 Å². The van der Waals surface area contributed by atoms with Crippen LogP contribution in [0.5, 0.6) is 0 Å². The molecule has 2 heterocycles. The molecule has 70 valence electrons. The minimum atomic E-state index is -0.0284. The van der Waals surface area contributed by atoms with Gasteiger partial charge >= 0.3 is 0 Å². The predicted octanol–water partition coefficient (Wildman–Crippen LogP) is 1.38. The van der Waals surface area contributed by atoms with E-state index in [1.807, 2.05) is 0 Å². The average Bonchev–Trinajstić information content (AvgIpc) is 2.04. The zero-order valence-electron chi connectivity index (χ0n) is 7.87. The van der Waals surface area contributed by atoms with Gasteiger partial charge in [-0.25, -0.2) is 0 Å². The van der Waals surface area contributed by atoms with Crippen LogP contribution < -0.4 is 0 Å². The summed E-state index contributed by atoms with van der Waals surface area (Å²) in [7, 11) is 0. The number of piperidine rings is 2. The van der Waals surface area contributed by atoms with E-state index in [1.54, 1.807) is 0 Å². The largest absolute Gasteiger partial charge is 0.393 e. The van der Waals surface area contributed by atoms with Crippen LogP contribution in [0.25, 0.3) is 0 Å². The van der Waals surface area contributed by atoms with E-state index >= 15 is 0 Å². The van der Waals surface area contributed by atoms with Gasteiger partial charge in [-0.05, 0) is 39.2 Å². The molecule has 2 saturated heterocycles. The van der Waals surface area contributed by atoms with Crippen molar-refractivity contribution in [2.24, 2.45) is 0 Å². The number of hydrogen-bond donors (Lipinski definition) is 1. The SMILES string of the molecule is C[C@@H]1C[C@H](O)C[C@H]2CCCCN21. The van der Waals surface area contributed by atoms with Crippen LogP contribution in [-0.2, 0) is 0 Å². The smallest absolute Gasteiger partial charge is 0.0570 e. The van der Waals surface area contributed by atoms with Crippen LogP contribution in [0.3, 0.4) is 0 Å². The van der Waals surface area contributed by atoms with Gasteiger partial charge in [-0.3, -0.25) is 4.90 Å². The molecule has 0 spiro atoms. The summed E-state index contributed by atoms with van der Waals surface area (Å²) < 4.78 is 0. The molecule has 2 aliphatic rings. The molecule has 0 unspecified atom stereocenters. The molecule has 0 saturated carbocycles. The maximum absolute atomic E-state index is 9.59. The molecule has 2 rings (SSSR count). The summed E-state index contributed by atoms with van der Waals surface area (Å²) >= 11 is 0. The molecule has 3 atom stereocenters. The highest BCUT2D eigenvalue weighted by Crippen LogP contribution is 2.29. The third kappa shape index (κ3) is 1.50. The summed E-state index contributed by atoms with van der Waals surface area (Å²) in [6.45, 7) is 3.51. The summed E-state index contributed by atoms with van der Waals surface area (Å²) in [5.41, 5.74) is 0. The molecule has 1 N–H and O–H groups in total. The third-order valence-corrected chi connectivity index (χ3v) is 3.40. The van der Waals surface area contributed by atoms with Crippen molar-refractivity contribution in [1.29, 1.82) is 0 Å². The van der Waals surface area contributed by atoms with Gasteiger partial charge in [-0.2, -0.15) is 0 Å². The van der Waals surface area contributed by atoms with Crippen LogP contribution in [-0.4, -0.2) is 34.7 Å². The van der Waals surface area contributed by atoms with Crippen molar-refractivity contribution in [3.05, 3.63) is 0 Å². The average molecular weight is 169 g/mol. The molecule has 0 aliphatic carbocycles. The Bertz CT molecular complexity index is 160. The lowest BCUT2D eigenvalue weighted by Gasteiger charge is -2.45. The lowest BCUT2D eigenvalue weighted by atomic mass is 9.88. The quantitative estimate of drug-likeness (QED) is 0.592. The molecule has 2 fully saturated rings. The second kappa shape index (κ2) is 3.35. The lowest BCUT2D eigenvalue weighted by Crippen LogP contribution is -2.51. The van der Waals surface area contributed by atoms with Gasteiger partial charge in [0.05, 0.1) is 6.10 Å². The Labute approximate surface area is 74.6 Å². The number of hydrogen-bond acceptors (Lipinski definition) is 2. The van der Waals surface area contributed by atoms with E-state index in [0.29, 0.717) is 12.1 Å². The van der Waals surface area contributed by atoms with Gasteiger partial charge in [0.15, 0.2) is 0 Å². The van der Waals surface area contributed by atoms with Crippen LogP contribution in [0.1, 0.15) is 39.0 Å². The fourth-order valence-electron chi connectivity index (χ4n) is 2.80. The van der Waals surface area contributed by atoms with E-state index in [-0.39, 0.29) is 6.10 Å². The van der Waals surface area contributed by atoms with Gasteiger partial charge in [0, 0.05) is 12.1 Å². The normalized spacial score (nSPS) is 44.0. The maximum atomic E-state index is 9.59. The molecule has 2 heteroatoms. The molecule has 0 aromatic carbocycles.